The highest BCUT2D eigenvalue weighted by molar-refractivity contribution is 6.61. The lowest BCUT2D eigenvalue weighted by molar-refractivity contribution is 0.00578. The summed E-state index contributed by atoms with van der Waals surface area (Å²) in [5.41, 5.74) is -1.37. The topological polar surface area (TPSA) is 31.4 Å². The molecule has 86 valence electrons. The molecule has 5 heteroatoms. The second-order valence-corrected chi connectivity index (χ2v) is 4.76. The smallest absolute Gasteiger partial charge is 0.398 e. The summed E-state index contributed by atoms with van der Waals surface area (Å²) in [6.07, 6.45) is -0.529. The van der Waals surface area contributed by atoms with Gasteiger partial charge in [0.25, 0.3) is 0 Å². The summed E-state index contributed by atoms with van der Waals surface area (Å²) in [6.45, 7) is 7.31. The maximum absolute atomic E-state index is 13.6. The van der Waals surface area contributed by atoms with E-state index in [1.807, 2.05) is 27.7 Å². The average Bonchev–Trinajstić information content (AvgIpc) is 2.50. The molecule has 0 atom stereocenters. The van der Waals surface area contributed by atoms with Crippen molar-refractivity contribution in [3.8, 4) is 0 Å². The molecule has 1 fully saturated rings. The molecule has 2 heterocycles. The lowest BCUT2D eigenvalue weighted by Gasteiger charge is -2.32. The maximum atomic E-state index is 13.6. The molecule has 0 aliphatic carbocycles. The molecule has 1 aromatic heterocycles. The van der Waals surface area contributed by atoms with Gasteiger partial charge in [-0.05, 0) is 39.8 Å². The molecule has 0 aromatic carbocycles. The SMILES string of the molecule is [2H]c1nc(B2OC(C)(C)C(C)(C)O2)c([2H])c(F)c1[2H]. The number of pyridine rings is 1. The van der Waals surface area contributed by atoms with E-state index in [9.17, 15) is 4.39 Å². The fourth-order valence-corrected chi connectivity index (χ4v) is 1.38. The van der Waals surface area contributed by atoms with E-state index in [2.05, 4.69) is 4.98 Å². The van der Waals surface area contributed by atoms with Crippen molar-refractivity contribution in [2.75, 3.05) is 0 Å². The van der Waals surface area contributed by atoms with E-state index < -0.39 is 42.4 Å². The lowest BCUT2D eigenvalue weighted by atomic mass is 9.84. The Kier molecular flexibility index (Phi) is 1.81. The Labute approximate surface area is 99.3 Å². The molecule has 1 saturated heterocycles. The van der Waals surface area contributed by atoms with Gasteiger partial charge in [0.2, 0.25) is 0 Å². The second-order valence-electron chi connectivity index (χ2n) is 4.76. The Balaban J connectivity index is 2.46. The fraction of sp³-hybridized carbons (Fsp3) is 0.545. The van der Waals surface area contributed by atoms with E-state index in [-0.39, 0.29) is 5.59 Å². The molecular weight excluding hydrogens is 208 g/mol. The largest absolute Gasteiger partial charge is 0.514 e. The molecule has 0 unspecified atom stereocenters. The number of halogens is 1. The normalized spacial score (nSPS) is 25.1. The molecule has 2 rings (SSSR count). The summed E-state index contributed by atoms with van der Waals surface area (Å²) in [5.74, 6) is -1.08. The molecule has 0 spiro atoms. The van der Waals surface area contributed by atoms with Crippen LogP contribution in [0, 0.1) is 5.82 Å². The maximum Gasteiger partial charge on any atom is 0.514 e. The molecule has 0 amide bonds. The van der Waals surface area contributed by atoms with Crippen molar-refractivity contribution < 1.29 is 17.8 Å². The average molecular weight is 226 g/mol. The van der Waals surface area contributed by atoms with Crippen LogP contribution in [0.25, 0.3) is 0 Å². The van der Waals surface area contributed by atoms with Gasteiger partial charge in [0.15, 0.2) is 0 Å². The van der Waals surface area contributed by atoms with Gasteiger partial charge in [-0.15, -0.1) is 0 Å². The predicted molar refractivity (Wildman–Crippen MR) is 59.9 cm³/mol. The Hall–Kier alpha value is -0.935. The zero-order valence-electron chi connectivity index (χ0n) is 12.7. The van der Waals surface area contributed by atoms with Crippen LogP contribution in [-0.4, -0.2) is 23.3 Å². The summed E-state index contributed by atoms with van der Waals surface area (Å²) in [6, 6.07) is -1.25. The molecule has 0 bridgehead atoms. The van der Waals surface area contributed by atoms with Gasteiger partial charge in [0, 0.05) is 6.17 Å². The van der Waals surface area contributed by atoms with Crippen molar-refractivity contribution in [3.63, 3.8) is 0 Å². The molecule has 16 heavy (non-hydrogen) atoms. The van der Waals surface area contributed by atoms with Gasteiger partial charge in [0.1, 0.15) is 5.82 Å². The third-order valence-electron chi connectivity index (χ3n) is 3.06. The van der Waals surface area contributed by atoms with E-state index in [0.29, 0.717) is 0 Å². The number of hydrogen-bond donors (Lipinski definition) is 0. The first-order chi connectivity index (χ1) is 8.57. The standard InChI is InChI=1S/C11H15BFNO2/c1-10(2)11(3,4)16-12(15-10)9-7-8(13)5-6-14-9/h5-7H,1-4H3/i5D,6D,7D. The monoisotopic (exact) mass is 226 g/mol. The molecule has 1 aromatic rings. The first kappa shape index (κ1) is 8.20. The van der Waals surface area contributed by atoms with Crippen molar-refractivity contribution in [2.45, 2.75) is 38.9 Å². The Bertz CT molecular complexity index is 523. The first-order valence-electron chi connectivity index (χ1n) is 6.55. The highest BCUT2D eigenvalue weighted by Gasteiger charge is 2.52. The molecule has 1 aliphatic rings. The van der Waals surface area contributed by atoms with E-state index in [0.717, 1.165) is 0 Å². The van der Waals surface area contributed by atoms with Gasteiger partial charge in [-0.1, -0.05) is 0 Å². The van der Waals surface area contributed by atoms with E-state index in [1.54, 1.807) is 0 Å². The van der Waals surface area contributed by atoms with Crippen molar-refractivity contribution in [1.29, 1.82) is 0 Å². The van der Waals surface area contributed by atoms with Crippen molar-refractivity contribution in [2.24, 2.45) is 0 Å². The summed E-state index contributed by atoms with van der Waals surface area (Å²) in [4.78, 5) is 3.75. The van der Waals surface area contributed by atoms with Gasteiger partial charge in [-0.25, -0.2) is 4.39 Å². The summed E-state index contributed by atoms with van der Waals surface area (Å²) >= 11 is 0. The second kappa shape index (κ2) is 3.53. The minimum Gasteiger partial charge on any atom is -0.398 e. The van der Waals surface area contributed by atoms with E-state index >= 15 is 0 Å². The summed E-state index contributed by atoms with van der Waals surface area (Å²) < 4.78 is 47.3. The highest BCUT2D eigenvalue weighted by Crippen LogP contribution is 2.36. The number of hydrogen-bond acceptors (Lipinski definition) is 3. The van der Waals surface area contributed by atoms with Crippen molar-refractivity contribution >= 4 is 12.7 Å². The molecule has 3 nitrogen and oxygen atoms in total. The first-order valence-corrected chi connectivity index (χ1v) is 5.05. The third kappa shape index (κ3) is 1.85. The predicted octanol–water partition coefficient (Wildman–Crippen LogP) is 1.52. The minimum atomic E-state index is -1.08. The van der Waals surface area contributed by atoms with Gasteiger partial charge in [0.05, 0.1) is 20.9 Å². The zero-order chi connectivity index (χ0) is 14.6. The van der Waals surface area contributed by atoms with Gasteiger partial charge in [-0.3, -0.25) is 4.98 Å². The molecule has 0 saturated carbocycles. The fourth-order valence-electron chi connectivity index (χ4n) is 1.38. The van der Waals surface area contributed by atoms with Crippen LogP contribution in [-0.2, 0) is 9.31 Å². The van der Waals surface area contributed by atoms with Gasteiger partial charge in [-0.2, -0.15) is 0 Å². The highest BCUT2D eigenvalue weighted by atomic mass is 19.1. The Morgan fingerprint density at radius 1 is 1.31 bits per heavy atom. The summed E-state index contributed by atoms with van der Waals surface area (Å²) in [5, 5.41) is 0. The van der Waals surface area contributed by atoms with E-state index in [1.165, 1.54) is 0 Å². The molecule has 0 N–H and O–H groups in total. The lowest BCUT2D eigenvalue weighted by Crippen LogP contribution is -2.41. The van der Waals surface area contributed by atoms with Crippen LogP contribution in [0.15, 0.2) is 18.3 Å². The number of nitrogens with zero attached hydrogens (tertiary/aromatic N) is 1. The van der Waals surface area contributed by atoms with Gasteiger partial charge < -0.3 is 9.31 Å². The molecule has 1 aliphatic heterocycles. The van der Waals surface area contributed by atoms with Crippen LogP contribution in [0.1, 0.15) is 31.8 Å². The van der Waals surface area contributed by atoms with Crippen LogP contribution in [0.5, 0.6) is 0 Å². The van der Waals surface area contributed by atoms with Crippen molar-refractivity contribution in [3.05, 3.63) is 24.1 Å². The Morgan fingerprint density at radius 3 is 2.44 bits per heavy atom. The zero-order valence-corrected chi connectivity index (χ0v) is 9.72. The molecule has 0 radical (unpaired) electrons. The van der Waals surface area contributed by atoms with Crippen LogP contribution >= 0.6 is 0 Å². The number of rotatable bonds is 1. The minimum absolute atomic E-state index is 0.0999. The van der Waals surface area contributed by atoms with Crippen LogP contribution < -0.4 is 5.59 Å². The van der Waals surface area contributed by atoms with Crippen LogP contribution in [0.3, 0.4) is 0 Å². The molecular formula is C11H15BFNO2. The summed E-state index contributed by atoms with van der Waals surface area (Å²) in [7, 11) is -1.00. The van der Waals surface area contributed by atoms with E-state index in [4.69, 9.17) is 13.4 Å². The Morgan fingerprint density at radius 2 is 1.88 bits per heavy atom. The quantitative estimate of drug-likeness (QED) is 0.680. The van der Waals surface area contributed by atoms with Crippen LogP contribution in [0.2, 0.25) is 0 Å². The van der Waals surface area contributed by atoms with Crippen molar-refractivity contribution in [1.82, 2.24) is 4.98 Å². The third-order valence-corrected chi connectivity index (χ3v) is 3.06. The van der Waals surface area contributed by atoms with Crippen LogP contribution in [0.4, 0.5) is 4.39 Å². The van der Waals surface area contributed by atoms with Gasteiger partial charge >= 0.3 is 7.12 Å². The number of aromatic nitrogens is 1.